The number of sulfonamides is 1. The number of para-hydroxylation sites is 1. The molecule has 1 aromatic carbocycles. The first-order valence-corrected chi connectivity index (χ1v) is 15.6. The number of hydrogen-bond acceptors (Lipinski definition) is 7. The molecule has 212 valence electrons. The fourth-order valence-corrected chi connectivity index (χ4v) is 7.13. The molecule has 0 radical (unpaired) electrons. The van der Waals surface area contributed by atoms with Gasteiger partial charge in [0.2, 0.25) is 21.8 Å². The standard InChI is InChI=1S/C26H33ClN4O6S2/c1-17-11-14-30(15-12-17)26(34)18(16-28-25(33)20-9-10-22(27)38-20)29-39(35,36)21-7-5-6-19(24(21)37-2)31-13-4-3-8-23(31)32/h5-7,9-10,17-18,29H,3-4,8,11-16H2,1-2H3,(H,28,33)/t18-/m0/s1. The van der Waals surface area contributed by atoms with Gasteiger partial charge in [0.05, 0.1) is 22.0 Å². The molecule has 2 fully saturated rings. The van der Waals surface area contributed by atoms with Gasteiger partial charge in [-0.15, -0.1) is 11.3 Å². The quantitative estimate of drug-likeness (QED) is 0.458. The minimum absolute atomic E-state index is 0.0236. The van der Waals surface area contributed by atoms with Crippen LogP contribution >= 0.6 is 22.9 Å². The Labute approximate surface area is 237 Å². The smallest absolute Gasteiger partial charge is 0.261 e. The van der Waals surface area contributed by atoms with Gasteiger partial charge < -0.3 is 19.9 Å². The summed E-state index contributed by atoms with van der Waals surface area (Å²) in [5.74, 6) is -0.492. The molecule has 39 heavy (non-hydrogen) atoms. The third-order valence-electron chi connectivity index (χ3n) is 7.02. The van der Waals surface area contributed by atoms with E-state index in [1.165, 1.54) is 18.1 Å². The van der Waals surface area contributed by atoms with Crippen LogP contribution < -0.4 is 19.7 Å². The lowest BCUT2D eigenvalue weighted by molar-refractivity contribution is -0.134. The van der Waals surface area contributed by atoms with E-state index in [1.807, 2.05) is 0 Å². The second kappa shape index (κ2) is 12.7. The summed E-state index contributed by atoms with van der Waals surface area (Å²) >= 11 is 7.03. The van der Waals surface area contributed by atoms with Gasteiger partial charge in [-0.1, -0.05) is 24.6 Å². The van der Waals surface area contributed by atoms with Gasteiger partial charge in [0.25, 0.3) is 5.91 Å². The predicted molar refractivity (Wildman–Crippen MR) is 150 cm³/mol. The highest BCUT2D eigenvalue weighted by Gasteiger charge is 2.34. The number of amides is 3. The van der Waals surface area contributed by atoms with Crippen LogP contribution in [0.25, 0.3) is 0 Å². The number of halogens is 1. The summed E-state index contributed by atoms with van der Waals surface area (Å²) in [6.07, 6.45) is 3.57. The number of nitrogens with one attached hydrogen (secondary N) is 2. The number of ether oxygens (including phenoxy) is 1. The highest BCUT2D eigenvalue weighted by atomic mass is 35.5. The fraction of sp³-hybridized carbons (Fsp3) is 0.500. The molecule has 0 spiro atoms. The maximum atomic E-state index is 13.7. The van der Waals surface area contributed by atoms with E-state index in [-0.39, 0.29) is 23.1 Å². The van der Waals surface area contributed by atoms with E-state index < -0.39 is 27.9 Å². The van der Waals surface area contributed by atoms with Crippen molar-refractivity contribution < 1.29 is 27.5 Å². The molecule has 2 saturated heterocycles. The van der Waals surface area contributed by atoms with Crippen molar-refractivity contribution in [1.29, 1.82) is 0 Å². The van der Waals surface area contributed by atoms with Gasteiger partial charge in [-0.05, 0) is 55.9 Å². The van der Waals surface area contributed by atoms with Crippen molar-refractivity contribution in [3.05, 3.63) is 39.5 Å². The Morgan fingerprint density at radius 2 is 1.90 bits per heavy atom. The van der Waals surface area contributed by atoms with Crippen molar-refractivity contribution in [2.75, 3.05) is 38.2 Å². The molecular weight excluding hydrogens is 564 g/mol. The van der Waals surface area contributed by atoms with Gasteiger partial charge in [0.1, 0.15) is 10.9 Å². The van der Waals surface area contributed by atoms with Gasteiger partial charge in [-0.3, -0.25) is 14.4 Å². The molecule has 1 atom stereocenters. The van der Waals surface area contributed by atoms with Gasteiger partial charge in [0, 0.05) is 32.6 Å². The summed E-state index contributed by atoms with van der Waals surface area (Å²) in [7, 11) is -2.97. The summed E-state index contributed by atoms with van der Waals surface area (Å²) < 4.78 is 35.9. The molecule has 0 unspecified atom stereocenters. The van der Waals surface area contributed by atoms with Crippen LogP contribution in [0, 0.1) is 5.92 Å². The molecular formula is C26H33ClN4O6S2. The lowest BCUT2D eigenvalue weighted by Gasteiger charge is -2.33. The number of benzene rings is 1. The number of piperidine rings is 2. The maximum Gasteiger partial charge on any atom is 0.261 e. The van der Waals surface area contributed by atoms with E-state index in [2.05, 4.69) is 17.0 Å². The highest BCUT2D eigenvalue weighted by Crippen LogP contribution is 2.36. The first-order chi connectivity index (χ1) is 18.6. The van der Waals surface area contributed by atoms with Crippen LogP contribution in [0.5, 0.6) is 5.75 Å². The normalized spacial score (nSPS) is 17.7. The highest BCUT2D eigenvalue weighted by molar-refractivity contribution is 7.89. The van der Waals surface area contributed by atoms with Gasteiger partial charge in [-0.25, -0.2) is 8.42 Å². The Morgan fingerprint density at radius 3 is 2.54 bits per heavy atom. The molecule has 2 aliphatic heterocycles. The summed E-state index contributed by atoms with van der Waals surface area (Å²) in [4.78, 5) is 42.1. The molecule has 0 bridgehead atoms. The summed E-state index contributed by atoms with van der Waals surface area (Å²) in [5.41, 5.74) is 0.362. The maximum absolute atomic E-state index is 13.7. The molecule has 1 aromatic heterocycles. The van der Waals surface area contributed by atoms with Gasteiger partial charge >= 0.3 is 0 Å². The SMILES string of the molecule is COc1c(N2CCCCC2=O)cccc1S(=O)(=O)N[C@@H](CNC(=O)c1ccc(Cl)s1)C(=O)N1CCC(C)CC1. The second-order valence-electron chi connectivity index (χ2n) is 9.81. The van der Waals surface area contributed by atoms with Crippen molar-refractivity contribution >= 4 is 56.4 Å². The van der Waals surface area contributed by atoms with Crippen molar-refractivity contribution in [2.24, 2.45) is 5.92 Å². The summed E-state index contributed by atoms with van der Waals surface area (Å²) in [5, 5.41) is 2.67. The number of likely N-dealkylation sites (tertiary alicyclic amines) is 1. The molecule has 2 aliphatic rings. The second-order valence-corrected chi connectivity index (χ2v) is 13.2. The number of carbonyl (C=O) groups excluding carboxylic acids is 3. The Morgan fingerprint density at radius 1 is 1.15 bits per heavy atom. The van der Waals surface area contributed by atoms with Crippen molar-refractivity contribution in [3.63, 3.8) is 0 Å². The van der Waals surface area contributed by atoms with Crippen LogP contribution in [-0.2, 0) is 19.6 Å². The average molecular weight is 597 g/mol. The molecule has 13 heteroatoms. The number of carbonyl (C=O) groups is 3. The third-order valence-corrected chi connectivity index (χ3v) is 9.75. The van der Waals surface area contributed by atoms with Gasteiger partial charge in [-0.2, -0.15) is 4.72 Å². The van der Waals surface area contributed by atoms with E-state index >= 15 is 0 Å². The molecule has 0 aliphatic carbocycles. The van der Waals surface area contributed by atoms with Crippen LogP contribution in [0.2, 0.25) is 4.34 Å². The van der Waals surface area contributed by atoms with Crippen LogP contribution in [0.1, 0.15) is 48.7 Å². The average Bonchev–Trinajstić information content (AvgIpc) is 3.37. The van der Waals surface area contributed by atoms with Crippen molar-refractivity contribution in [1.82, 2.24) is 14.9 Å². The number of anilines is 1. The lowest BCUT2D eigenvalue weighted by Crippen LogP contribution is -2.55. The first kappa shape index (κ1) is 29.3. The zero-order valence-electron chi connectivity index (χ0n) is 21.9. The molecule has 10 nitrogen and oxygen atoms in total. The number of thiophene rings is 1. The Hall–Kier alpha value is -2.67. The van der Waals surface area contributed by atoms with E-state index in [0.717, 1.165) is 37.0 Å². The van der Waals surface area contributed by atoms with E-state index in [0.29, 0.717) is 46.9 Å². The van der Waals surface area contributed by atoms with Crippen LogP contribution in [-0.4, -0.2) is 70.4 Å². The topological polar surface area (TPSA) is 125 Å². The fourth-order valence-electron chi connectivity index (χ4n) is 4.79. The zero-order valence-corrected chi connectivity index (χ0v) is 24.3. The largest absolute Gasteiger partial charge is 0.493 e. The molecule has 2 aromatic rings. The van der Waals surface area contributed by atoms with Crippen LogP contribution in [0.15, 0.2) is 35.2 Å². The number of methoxy groups -OCH3 is 1. The lowest BCUT2D eigenvalue weighted by atomic mass is 9.99. The number of hydrogen-bond donors (Lipinski definition) is 2. The molecule has 3 heterocycles. The van der Waals surface area contributed by atoms with E-state index in [9.17, 15) is 22.8 Å². The third kappa shape index (κ3) is 6.92. The molecule has 4 rings (SSSR count). The van der Waals surface area contributed by atoms with Crippen LogP contribution in [0.3, 0.4) is 0 Å². The minimum atomic E-state index is -4.31. The number of nitrogens with zero attached hydrogens (tertiary/aromatic N) is 2. The minimum Gasteiger partial charge on any atom is -0.493 e. The summed E-state index contributed by atoms with van der Waals surface area (Å²) in [6, 6.07) is 6.45. The van der Waals surface area contributed by atoms with E-state index in [4.69, 9.17) is 16.3 Å². The van der Waals surface area contributed by atoms with Crippen molar-refractivity contribution in [2.45, 2.75) is 50.0 Å². The Balaban J connectivity index is 1.60. The molecule has 0 saturated carbocycles. The monoisotopic (exact) mass is 596 g/mol. The predicted octanol–water partition coefficient (Wildman–Crippen LogP) is 3.26. The first-order valence-electron chi connectivity index (χ1n) is 12.9. The summed E-state index contributed by atoms with van der Waals surface area (Å²) in [6.45, 7) is 3.32. The Kier molecular flexibility index (Phi) is 9.52. The zero-order chi connectivity index (χ0) is 28.2. The van der Waals surface area contributed by atoms with E-state index in [1.54, 1.807) is 29.2 Å². The molecule has 2 N–H and O–H groups in total. The Bertz CT molecular complexity index is 1320. The number of rotatable bonds is 9. The van der Waals surface area contributed by atoms with Crippen LogP contribution in [0.4, 0.5) is 5.69 Å². The van der Waals surface area contributed by atoms with Crippen molar-refractivity contribution in [3.8, 4) is 5.75 Å². The van der Waals surface area contributed by atoms with Gasteiger partial charge in [0.15, 0.2) is 5.75 Å². The molecule has 3 amide bonds.